The van der Waals surface area contributed by atoms with Gasteiger partial charge in [0.2, 0.25) is 0 Å². The Hall–Kier alpha value is -2.18. The molecule has 1 rings (SSSR count). The largest absolute Gasteiger partial charge is 0.433 e. The van der Waals surface area contributed by atoms with Crippen molar-refractivity contribution in [3.63, 3.8) is 0 Å². The van der Waals surface area contributed by atoms with Crippen molar-refractivity contribution in [2.75, 3.05) is 5.75 Å². The van der Waals surface area contributed by atoms with E-state index in [-0.39, 0.29) is 15.7 Å². The molecule has 1 unspecified atom stereocenters. The molecule has 1 amide bonds. The lowest BCUT2D eigenvalue weighted by Crippen LogP contribution is -2.46. The molecule has 1 atom stereocenters. The Morgan fingerprint density at radius 3 is 2.52 bits per heavy atom. The van der Waals surface area contributed by atoms with Crippen LogP contribution in [0.4, 0.5) is 13.2 Å². The monoisotopic (exact) mass is 498 g/mol. The smallest absolute Gasteiger partial charge is 0.386 e. The fourth-order valence-electron chi connectivity index (χ4n) is 2.17. The third kappa shape index (κ3) is 6.65. The third-order valence-corrected chi connectivity index (χ3v) is 8.75. The SMILES string of the molecule is C=C/C=C(\N=CNC(=O)c1cc(Cl)c(C(C)CS(=O)(=O)C(C)(C)C(=N)N)s1)C(F)(F)F. The van der Waals surface area contributed by atoms with Crippen molar-refractivity contribution in [2.45, 2.75) is 37.6 Å². The summed E-state index contributed by atoms with van der Waals surface area (Å²) in [6.07, 6.45) is -2.56. The minimum atomic E-state index is -4.72. The van der Waals surface area contributed by atoms with Gasteiger partial charge in [-0.1, -0.05) is 31.2 Å². The maximum atomic E-state index is 12.7. The van der Waals surface area contributed by atoms with Crippen LogP contribution in [0.25, 0.3) is 0 Å². The zero-order valence-electron chi connectivity index (χ0n) is 16.9. The molecule has 1 aromatic rings. The van der Waals surface area contributed by atoms with Crippen molar-refractivity contribution in [1.82, 2.24) is 5.32 Å². The summed E-state index contributed by atoms with van der Waals surface area (Å²) in [5.74, 6) is -2.26. The van der Waals surface area contributed by atoms with Crippen molar-refractivity contribution in [3.8, 4) is 0 Å². The van der Waals surface area contributed by atoms with E-state index in [1.165, 1.54) is 19.9 Å². The number of rotatable bonds is 9. The predicted octanol–water partition coefficient (Wildman–Crippen LogP) is 4.02. The number of nitrogens with two attached hydrogens (primary N) is 1. The molecule has 0 spiro atoms. The molecule has 0 fully saturated rings. The molecule has 0 radical (unpaired) electrons. The van der Waals surface area contributed by atoms with Crippen LogP contribution in [0.3, 0.4) is 0 Å². The van der Waals surface area contributed by atoms with Gasteiger partial charge in [-0.25, -0.2) is 13.4 Å². The minimum absolute atomic E-state index is 0.0581. The first-order valence-electron chi connectivity index (χ1n) is 8.64. The van der Waals surface area contributed by atoms with Crippen LogP contribution in [0.5, 0.6) is 0 Å². The Kier molecular flexibility index (Phi) is 8.63. The topological polar surface area (TPSA) is 125 Å². The number of sulfone groups is 1. The molecule has 0 aromatic carbocycles. The number of alkyl halides is 3. The number of nitrogens with one attached hydrogen (secondary N) is 2. The van der Waals surface area contributed by atoms with Crippen LogP contribution in [-0.2, 0) is 9.84 Å². The lowest BCUT2D eigenvalue weighted by Gasteiger charge is -2.25. The Bertz CT molecular complexity index is 1030. The van der Waals surface area contributed by atoms with E-state index in [0.717, 1.165) is 17.4 Å². The number of amidine groups is 1. The van der Waals surface area contributed by atoms with E-state index in [0.29, 0.717) is 17.3 Å². The highest BCUT2D eigenvalue weighted by Gasteiger charge is 2.39. The van der Waals surface area contributed by atoms with E-state index in [2.05, 4.69) is 16.9 Å². The van der Waals surface area contributed by atoms with Crippen LogP contribution < -0.4 is 11.1 Å². The summed E-state index contributed by atoms with van der Waals surface area (Å²) in [7, 11) is -3.82. The van der Waals surface area contributed by atoms with Gasteiger partial charge in [-0.3, -0.25) is 10.2 Å². The normalized spacial score (nSPS) is 14.5. The molecule has 0 saturated carbocycles. The average Bonchev–Trinajstić information content (AvgIpc) is 3.01. The van der Waals surface area contributed by atoms with E-state index in [9.17, 15) is 26.4 Å². The quantitative estimate of drug-likeness (QED) is 0.270. The predicted molar refractivity (Wildman–Crippen MR) is 118 cm³/mol. The first kappa shape index (κ1) is 26.9. The Labute approximate surface area is 187 Å². The van der Waals surface area contributed by atoms with Gasteiger partial charge in [0.1, 0.15) is 16.3 Å². The maximum absolute atomic E-state index is 12.7. The van der Waals surface area contributed by atoms with Crippen LogP contribution >= 0.6 is 22.9 Å². The van der Waals surface area contributed by atoms with Gasteiger partial charge in [0.05, 0.1) is 22.0 Å². The van der Waals surface area contributed by atoms with Crippen LogP contribution in [0.1, 0.15) is 41.2 Å². The summed E-state index contributed by atoms with van der Waals surface area (Å²) in [5, 5.41) is 9.74. The highest BCUT2D eigenvalue weighted by Crippen LogP contribution is 2.35. The minimum Gasteiger partial charge on any atom is -0.386 e. The molecule has 13 heteroatoms. The van der Waals surface area contributed by atoms with Crippen LogP contribution in [0.2, 0.25) is 5.02 Å². The maximum Gasteiger partial charge on any atom is 0.433 e. The standard InChI is InChI=1S/C18H22ClF3N4O3S2/c1-5-6-13(18(20,21)22)25-9-26-15(27)12-7-11(19)14(30-12)10(2)8-31(28,29)17(3,4)16(23)24/h5-7,9-10H,1,8H2,2-4H3,(H3,23,24)(H,25,26,27)/b13-6-. The van der Waals surface area contributed by atoms with Crippen molar-refractivity contribution in [3.05, 3.63) is 45.3 Å². The zero-order valence-corrected chi connectivity index (χ0v) is 19.3. The Morgan fingerprint density at radius 1 is 1.45 bits per heavy atom. The van der Waals surface area contributed by atoms with Crippen molar-refractivity contribution in [1.29, 1.82) is 5.41 Å². The van der Waals surface area contributed by atoms with Gasteiger partial charge in [0.15, 0.2) is 9.84 Å². The number of halogens is 4. The van der Waals surface area contributed by atoms with Gasteiger partial charge in [0, 0.05) is 10.8 Å². The van der Waals surface area contributed by atoms with E-state index in [1.54, 1.807) is 6.92 Å². The van der Waals surface area contributed by atoms with Gasteiger partial charge < -0.3 is 11.1 Å². The molecule has 0 bridgehead atoms. The second kappa shape index (κ2) is 9.96. The number of thiophene rings is 1. The Morgan fingerprint density at radius 2 is 2.03 bits per heavy atom. The van der Waals surface area contributed by atoms with Gasteiger partial charge in [-0.05, 0) is 26.0 Å². The van der Waals surface area contributed by atoms with Crippen LogP contribution in [-0.4, -0.2) is 43.2 Å². The zero-order chi connectivity index (χ0) is 24.2. The summed E-state index contributed by atoms with van der Waals surface area (Å²) < 4.78 is 61.9. The van der Waals surface area contributed by atoms with Gasteiger partial charge in [0.25, 0.3) is 5.91 Å². The van der Waals surface area contributed by atoms with Crippen molar-refractivity contribution >= 4 is 50.9 Å². The van der Waals surface area contributed by atoms with E-state index in [1.807, 2.05) is 0 Å². The van der Waals surface area contributed by atoms with Gasteiger partial charge in [-0.15, -0.1) is 11.3 Å². The molecule has 172 valence electrons. The summed E-state index contributed by atoms with van der Waals surface area (Å²) >= 11 is 7.04. The number of hydrogen-bond acceptors (Lipinski definition) is 6. The molecule has 1 aromatic heterocycles. The van der Waals surface area contributed by atoms with E-state index >= 15 is 0 Å². The fourth-order valence-corrected chi connectivity index (χ4v) is 5.33. The second-order valence-electron chi connectivity index (χ2n) is 6.95. The molecular weight excluding hydrogens is 477 g/mol. The third-order valence-electron chi connectivity index (χ3n) is 4.25. The number of allylic oxidation sites excluding steroid dienone is 3. The molecule has 0 aliphatic carbocycles. The lowest BCUT2D eigenvalue weighted by molar-refractivity contribution is -0.0922. The first-order chi connectivity index (χ1) is 14.0. The van der Waals surface area contributed by atoms with Crippen LogP contribution in [0.15, 0.2) is 35.5 Å². The molecule has 0 aliphatic rings. The summed E-state index contributed by atoms with van der Waals surface area (Å²) in [5.41, 5.74) is 4.14. The first-order valence-corrected chi connectivity index (χ1v) is 11.5. The molecule has 0 aliphatic heterocycles. The number of carbonyl (C=O) groups excluding carboxylic acids is 1. The van der Waals surface area contributed by atoms with Gasteiger partial charge >= 0.3 is 6.18 Å². The average molecular weight is 499 g/mol. The summed E-state index contributed by atoms with van der Waals surface area (Å²) in [6, 6.07) is 1.29. The summed E-state index contributed by atoms with van der Waals surface area (Å²) in [4.78, 5) is 15.9. The number of amides is 1. The van der Waals surface area contributed by atoms with Crippen molar-refractivity contribution in [2.24, 2.45) is 10.7 Å². The Balaban J connectivity index is 3.01. The molecule has 1 heterocycles. The van der Waals surface area contributed by atoms with Crippen LogP contribution in [0, 0.1) is 5.41 Å². The van der Waals surface area contributed by atoms with Crippen molar-refractivity contribution < 1.29 is 26.4 Å². The molecular formula is C18H22ClF3N4O3S2. The van der Waals surface area contributed by atoms with E-state index < -0.39 is 44.1 Å². The summed E-state index contributed by atoms with van der Waals surface area (Å²) in [6.45, 7) is 7.40. The second-order valence-corrected chi connectivity index (χ2v) is 11.0. The van der Waals surface area contributed by atoms with Gasteiger partial charge in [-0.2, -0.15) is 13.2 Å². The molecule has 0 saturated heterocycles. The number of hydrogen-bond donors (Lipinski definition) is 3. The number of nitrogens with zero attached hydrogens (tertiary/aromatic N) is 1. The molecule has 4 N–H and O–H groups in total. The highest BCUT2D eigenvalue weighted by molar-refractivity contribution is 7.93. The molecule has 31 heavy (non-hydrogen) atoms. The molecule has 7 nitrogen and oxygen atoms in total. The lowest BCUT2D eigenvalue weighted by atomic mass is 10.2. The van der Waals surface area contributed by atoms with E-state index in [4.69, 9.17) is 22.7 Å². The highest BCUT2D eigenvalue weighted by atomic mass is 35.5. The number of aliphatic imine (C=N–C) groups is 1. The number of carbonyl (C=O) groups is 1. The fraction of sp³-hybridized carbons (Fsp3) is 0.389.